The summed E-state index contributed by atoms with van der Waals surface area (Å²) in [4.78, 5) is 39.7. The first kappa shape index (κ1) is 27.2. The zero-order valence-corrected chi connectivity index (χ0v) is 22.0. The molecule has 2 aromatic heterocycles. The number of benzene rings is 1. The van der Waals surface area contributed by atoms with Crippen LogP contribution in [0.15, 0.2) is 40.1 Å². The van der Waals surface area contributed by atoms with Crippen LogP contribution in [0.1, 0.15) is 58.2 Å². The topological polar surface area (TPSA) is 98.5 Å². The molecule has 1 unspecified atom stereocenters. The molecular weight excluding hydrogens is 503 g/mol. The molecule has 0 bridgehead atoms. The summed E-state index contributed by atoms with van der Waals surface area (Å²) in [6, 6.07) is 4.16. The van der Waals surface area contributed by atoms with Gasteiger partial charge >= 0.3 is 6.09 Å². The third-order valence-electron chi connectivity index (χ3n) is 6.49. The lowest BCUT2D eigenvalue weighted by atomic mass is 9.91. The number of carbonyl (C=O) groups is 1. The van der Waals surface area contributed by atoms with Gasteiger partial charge in [-0.2, -0.15) is 5.10 Å². The Hall–Kier alpha value is -3.83. The molecule has 3 aromatic rings. The van der Waals surface area contributed by atoms with Crippen molar-refractivity contribution in [1.29, 1.82) is 0 Å². The molecule has 1 aliphatic rings. The third-order valence-corrected chi connectivity index (χ3v) is 6.49. The van der Waals surface area contributed by atoms with E-state index in [2.05, 4.69) is 10.4 Å². The van der Waals surface area contributed by atoms with Crippen LogP contribution in [0, 0.1) is 5.82 Å². The molecule has 0 radical (unpaired) electrons. The third kappa shape index (κ3) is 4.99. The summed E-state index contributed by atoms with van der Waals surface area (Å²) in [6.45, 7) is 9.07. The number of rotatable bonds is 5. The van der Waals surface area contributed by atoms with E-state index < -0.39 is 52.2 Å². The minimum Gasteiger partial charge on any atom is -0.444 e. The van der Waals surface area contributed by atoms with Gasteiger partial charge in [-0.25, -0.2) is 22.6 Å². The zero-order chi connectivity index (χ0) is 28.2. The molecule has 0 spiro atoms. The first-order chi connectivity index (χ1) is 17.6. The molecule has 1 N–H and O–H groups in total. The molecule has 3 heterocycles. The van der Waals surface area contributed by atoms with Crippen molar-refractivity contribution in [2.75, 3.05) is 18.4 Å². The van der Waals surface area contributed by atoms with Gasteiger partial charge in [-0.1, -0.05) is 18.2 Å². The molecule has 1 saturated heterocycles. The van der Waals surface area contributed by atoms with E-state index in [9.17, 15) is 27.6 Å². The molecule has 38 heavy (non-hydrogen) atoms. The number of aryl methyl sites for hydroxylation is 1. The van der Waals surface area contributed by atoms with Gasteiger partial charge in [0.25, 0.3) is 17.5 Å². The Kier molecular flexibility index (Phi) is 6.79. The Morgan fingerprint density at radius 3 is 2.39 bits per heavy atom. The summed E-state index contributed by atoms with van der Waals surface area (Å²) in [6.07, 6.45) is -1.99. The fraction of sp³-hybridized carbons (Fsp3) is 0.462. The van der Waals surface area contributed by atoms with Gasteiger partial charge < -0.3 is 19.5 Å². The minimum absolute atomic E-state index is 0.00104. The molecule has 1 aliphatic heterocycles. The predicted molar refractivity (Wildman–Crippen MR) is 136 cm³/mol. The molecule has 4 rings (SSSR count). The number of fused-ring (bicyclic) bond motifs is 1. The molecule has 204 valence electrons. The summed E-state index contributed by atoms with van der Waals surface area (Å²) in [7, 11) is 1.41. The van der Waals surface area contributed by atoms with Crippen LogP contribution in [0.5, 0.6) is 0 Å². The van der Waals surface area contributed by atoms with Gasteiger partial charge in [0.2, 0.25) is 0 Å². The summed E-state index contributed by atoms with van der Waals surface area (Å²) < 4.78 is 49.1. The van der Waals surface area contributed by atoms with Gasteiger partial charge in [0.15, 0.2) is 5.82 Å². The van der Waals surface area contributed by atoms with E-state index in [1.54, 1.807) is 34.6 Å². The smallest absolute Gasteiger partial charge is 0.410 e. The Morgan fingerprint density at radius 2 is 1.79 bits per heavy atom. The Bertz CT molecular complexity index is 1520. The van der Waals surface area contributed by atoms with Crippen LogP contribution in [-0.4, -0.2) is 44.0 Å². The van der Waals surface area contributed by atoms with Gasteiger partial charge in [0.1, 0.15) is 11.4 Å². The van der Waals surface area contributed by atoms with E-state index in [1.165, 1.54) is 40.9 Å². The number of aromatic nitrogens is 3. The number of hydrogen-bond donors (Lipinski definition) is 1. The second kappa shape index (κ2) is 9.48. The minimum atomic E-state index is -2.98. The predicted octanol–water partition coefficient (Wildman–Crippen LogP) is 4.31. The largest absolute Gasteiger partial charge is 0.444 e. The molecular formula is C26H30F3N5O4. The first-order valence-corrected chi connectivity index (χ1v) is 12.1. The van der Waals surface area contributed by atoms with Crippen molar-refractivity contribution in [2.45, 2.75) is 58.2 Å². The van der Waals surface area contributed by atoms with Crippen LogP contribution in [0.25, 0.3) is 10.8 Å². The van der Waals surface area contributed by atoms with Crippen LogP contribution >= 0.6 is 0 Å². The highest BCUT2D eigenvalue weighted by atomic mass is 19.3. The van der Waals surface area contributed by atoms with Gasteiger partial charge in [-0.3, -0.25) is 9.59 Å². The van der Waals surface area contributed by atoms with E-state index >= 15 is 0 Å². The normalized spacial score (nSPS) is 15.9. The van der Waals surface area contributed by atoms with Crippen LogP contribution in [-0.2, 0) is 17.3 Å². The number of alkyl halides is 2. The van der Waals surface area contributed by atoms with Gasteiger partial charge in [0.05, 0.1) is 22.5 Å². The highest BCUT2D eigenvalue weighted by Crippen LogP contribution is 2.32. The molecule has 0 aliphatic carbocycles. The Morgan fingerprint density at radius 1 is 1.16 bits per heavy atom. The summed E-state index contributed by atoms with van der Waals surface area (Å²) >= 11 is 0. The lowest BCUT2D eigenvalue weighted by Crippen LogP contribution is -2.65. The van der Waals surface area contributed by atoms with Crippen molar-refractivity contribution in [3.8, 4) is 0 Å². The quantitative estimate of drug-likeness (QED) is 0.525. The molecule has 0 saturated carbocycles. The van der Waals surface area contributed by atoms with Crippen molar-refractivity contribution in [3.05, 3.63) is 68.1 Å². The maximum Gasteiger partial charge on any atom is 0.410 e. The van der Waals surface area contributed by atoms with E-state index in [0.29, 0.717) is 5.39 Å². The number of nitrogens with zero attached hydrogens (tertiary/aromatic N) is 4. The van der Waals surface area contributed by atoms with Crippen molar-refractivity contribution < 1.29 is 22.7 Å². The zero-order valence-electron chi connectivity index (χ0n) is 22.0. The van der Waals surface area contributed by atoms with Crippen molar-refractivity contribution >= 4 is 22.7 Å². The second-order valence-electron chi connectivity index (χ2n) is 10.8. The van der Waals surface area contributed by atoms with Crippen LogP contribution < -0.4 is 16.4 Å². The van der Waals surface area contributed by atoms with E-state index in [0.717, 1.165) is 10.7 Å². The SMILES string of the molecule is CC(Nc1nn(C)c(=O)c2cc(=O)n(C3(C)CN(C(=O)OC(C)(C)C)C3)cc12)c1cccc(C(F)F)c1F. The number of amides is 1. The molecule has 1 aromatic carbocycles. The summed E-state index contributed by atoms with van der Waals surface area (Å²) in [5, 5.41) is 7.65. The lowest BCUT2D eigenvalue weighted by Gasteiger charge is -2.48. The fourth-order valence-corrected chi connectivity index (χ4v) is 4.59. The molecule has 1 fully saturated rings. The standard InChI is InChI=1S/C26H30F3N5O4/c1-14(15-8-7-9-16(20(15)27)21(28)29)30-22-18-11-34(19(35)10-17(18)23(36)32(6)31-22)26(5)12-33(13-26)24(37)38-25(2,3)4/h7-11,14,21H,12-13H2,1-6H3,(H,30,31). The molecule has 1 amide bonds. The fourth-order valence-electron chi connectivity index (χ4n) is 4.59. The first-order valence-electron chi connectivity index (χ1n) is 12.1. The number of carbonyl (C=O) groups excluding carboxylic acids is 1. The number of likely N-dealkylation sites (tertiary alicyclic amines) is 1. The molecule has 9 nitrogen and oxygen atoms in total. The van der Waals surface area contributed by atoms with Crippen LogP contribution in [0.2, 0.25) is 0 Å². The van der Waals surface area contributed by atoms with Crippen molar-refractivity contribution in [3.63, 3.8) is 0 Å². The number of ether oxygens (including phenoxy) is 1. The lowest BCUT2D eigenvalue weighted by molar-refractivity contribution is -0.0239. The van der Waals surface area contributed by atoms with Crippen LogP contribution in [0.4, 0.5) is 23.8 Å². The molecule has 1 atom stereocenters. The van der Waals surface area contributed by atoms with E-state index in [-0.39, 0.29) is 29.9 Å². The van der Waals surface area contributed by atoms with Crippen molar-refractivity contribution in [1.82, 2.24) is 19.2 Å². The number of hydrogen-bond acceptors (Lipinski definition) is 6. The van der Waals surface area contributed by atoms with E-state index in [4.69, 9.17) is 4.74 Å². The van der Waals surface area contributed by atoms with E-state index in [1.807, 2.05) is 0 Å². The van der Waals surface area contributed by atoms with Gasteiger partial charge in [0, 0.05) is 43.4 Å². The number of pyridine rings is 1. The van der Waals surface area contributed by atoms with Crippen molar-refractivity contribution in [2.24, 2.45) is 7.05 Å². The number of anilines is 1. The monoisotopic (exact) mass is 533 g/mol. The summed E-state index contributed by atoms with van der Waals surface area (Å²) in [5.74, 6) is -0.866. The molecule has 12 heteroatoms. The maximum atomic E-state index is 14.8. The van der Waals surface area contributed by atoms with Crippen LogP contribution in [0.3, 0.4) is 0 Å². The Balaban J connectivity index is 1.72. The van der Waals surface area contributed by atoms with Gasteiger partial charge in [-0.05, 0) is 34.6 Å². The van der Waals surface area contributed by atoms with Gasteiger partial charge in [-0.15, -0.1) is 0 Å². The Labute approximate surface area is 216 Å². The average molecular weight is 534 g/mol. The average Bonchev–Trinajstić information content (AvgIpc) is 2.78. The number of nitrogens with one attached hydrogen (secondary N) is 1. The highest BCUT2D eigenvalue weighted by Gasteiger charge is 2.45. The highest BCUT2D eigenvalue weighted by molar-refractivity contribution is 5.90. The second-order valence-corrected chi connectivity index (χ2v) is 10.8. The maximum absolute atomic E-state index is 14.8. The number of halogens is 3. The summed E-state index contributed by atoms with van der Waals surface area (Å²) in [5.41, 5.74) is -3.11.